The molecule has 5 heteroatoms. The Morgan fingerprint density at radius 3 is 2.35 bits per heavy atom. The minimum atomic E-state index is -0.323. The van der Waals surface area contributed by atoms with E-state index in [0.29, 0.717) is 12.3 Å². The van der Waals surface area contributed by atoms with Crippen molar-refractivity contribution in [2.24, 2.45) is 4.99 Å². The Labute approximate surface area is 120 Å². The summed E-state index contributed by atoms with van der Waals surface area (Å²) in [6.45, 7) is 4.40. The summed E-state index contributed by atoms with van der Waals surface area (Å²) >= 11 is 0. The number of rotatable bonds is 8. The van der Waals surface area contributed by atoms with Crippen LogP contribution in [0.4, 0.5) is 0 Å². The Morgan fingerprint density at radius 1 is 1.10 bits per heavy atom. The van der Waals surface area contributed by atoms with Crippen LogP contribution in [0.3, 0.4) is 0 Å². The SMILES string of the molecule is COc1cc(C=NCC(OC)OC)ccc1OC(C)C. The lowest BCUT2D eigenvalue weighted by Crippen LogP contribution is -2.16. The highest BCUT2D eigenvalue weighted by molar-refractivity contribution is 5.80. The maximum Gasteiger partial charge on any atom is 0.176 e. The lowest BCUT2D eigenvalue weighted by atomic mass is 10.2. The molecule has 0 saturated carbocycles. The van der Waals surface area contributed by atoms with E-state index >= 15 is 0 Å². The first-order valence-electron chi connectivity index (χ1n) is 6.50. The van der Waals surface area contributed by atoms with Crippen LogP contribution in [0.2, 0.25) is 0 Å². The smallest absolute Gasteiger partial charge is 0.176 e. The lowest BCUT2D eigenvalue weighted by molar-refractivity contribution is -0.0936. The van der Waals surface area contributed by atoms with Crippen LogP contribution in [0.5, 0.6) is 11.5 Å². The zero-order valence-electron chi connectivity index (χ0n) is 12.8. The third-order valence-corrected chi connectivity index (χ3v) is 2.57. The third kappa shape index (κ3) is 5.19. The molecule has 0 unspecified atom stereocenters. The van der Waals surface area contributed by atoms with Crippen LogP contribution in [0.1, 0.15) is 19.4 Å². The maximum atomic E-state index is 5.66. The summed E-state index contributed by atoms with van der Waals surface area (Å²) in [7, 11) is 4.80. The predicted octanol–water partition coefficient (Wildman–Crippen LogP) is 2.52. The van der Waals surface area contributed by atoms with Gasteiger partial charge < -0.3 is 18.9 Å². The van der Waals surface area contributed by atoms with E-state index < -0.39 is 0 Å². The molecule has 0 aromatic heterocycles. The maximum absolute atomic E-state index is 5.66. The summed E-state index contributed by atoms with van der Waals surface area (Å²) in [5.74, 6) is 1.42. The van der Waals surface area contributed by atoms with Crippen LogP contribution in [0.25, 0.3) is 0 Å². The van der Waals surface area contributed by atoms with Crippen molar-refractivity contribution in [3.8, 4) is 11.5 Å². The largest absolute Gasteiger partial charge is 0.493 e. The molecule has 1 aromatic carbocycles. The van der Waals surface area contributed by atoms with E-state index in [2.05, 4.69) is 4.99 Å². The molecule has 0 saturated heterocycles. The van der Waals surface area contributed by atoms with Crippen molar-refractivity contribution in [3.63, 3.8) is 0 Å². The van der Waals surface area contributed by atoms with Gasteiger partial charge in [0.1, 0.15) is 0 Å². The van der Waals surface area contributed by atoms with E-state index in [1.807, 2.05) is 32.0 Å². The van der Waals surface area contributed by atoms with Crippen LogP contribution >= 0.6 is 0 Å². The average molecular weight is 281 g/mol. The van der Waals surface area contributed by atoms with Gasteiger partial charge in [0, 0.05) is 20.4 Å². The van der Waals surface area contributed by atoms with Gasteiger partial charge in [-0.25, -0.2) is 0 Å². The fourth-order valence-electron chi connectivity index (χ4n) is 1.61. The van der Waals surface area contributed by atoms with Gasteiger partial charge in [0.2, 0.25) is 0 Å². The summed E-state index contributed by atoms with van der Waals surface area (Å²) in [5.41, 5.74) is 0.934. The second-order valence-electron chi connectivity index (χ2n) is 4.47. The van der Waals surface area contributed by atoms with Crippen LogP contribution < -0.4 is 9.47 Å². The molecule has 0 aliphatic heterocycles. The third-order valence-electron chi connectivity index (χ3n) is 2.57. The van der Waals surface area contributed by atoms with E-state index in [1.165, 1.54) is 0 Å². The highest BCUT2D eigenvalue weighted by Crippen LogP contribution is 2.28. The summed E-state index contributed by atoms with van der Waals surface area (Å²) in [4.78, 5) is 4.28. The molecule has 0 aliphatic rings. The number of aliphatic imine (C=N–C) groups is 1. The van der Waals surface area contributed by atoms with Gasteiger partial charge in [-0.3, -0.25) is 4.99 Å². The Morgan fingerprint density at radius 2 is 1.80 bits per heavy atom. The molecule has 1 aromatic rings. The minimum absolute atomic E-state index is 0.104. The van der Waals surface area contributed by atoms with Crippen molar-refractivity contribution >= 4 is 6.21 Å². The normalized spacial score (nSPS) is 11.6. The highest BCUT2D eigenvalue weighted by atomic mass is 16.7. The summed E-state index contributed by atoms with van der Waals surface area (Å²) in [5, 5.41) is 0. The molecule has 112 valence electrons. The molecule has 0 bridgehead atoms. The Bertz CT molecular complexity index is 428. The van der Waals surface area contributed by atoms with Crippen LogP contribution in [0.15, 0.2) is 23.2 Å². The number of hydrogen-bond donors (Lipinski definition) is 0. The first-order chi connectivity index (χ1) is 9.60. The fraction of sp³-hybridized carbons (Fsp3) is 0.533. The summed E-state index contributed by atoms with van der Waals surface area (Å²) in [6.07, 6.45) is 1.54. The van der Waals surface area contributed by atoms with E-state index in [-0.39, 0.29) is 12.4 Å². The Kier molecular flexibility index (Phi) is 7.04. The van der Waals surface area contributed by atoms with Gasteiger partial charge in [0.05, 0.1) is 19.8 Å². The number of ether oxygens (including phenoxy) is 4. The number of nitrogens with zero attached hydrogens (tertiary/aromatic N) is 1. The Balaban J connectivity index is 2.74. The standard InChI is InChI=1S/C15H23NO4/c1-11(2)20-13-7-6-12(8-14(13)17-3)9-16-10-15(18-4)19-5/h6-9,11,15H,10H2,1-5H3. The zero-order chi connectivity index (χ0) is 15.0. The van der Waals surface area contributed by atoms with Crippen molar-refractivity contribution in [2.75, 3.05) is 27.9 Å². The van der Waals surface area contributed by atoms with Crippen molar-refractivity contribution in [2.45, 2.75) is 26.2 Å². The van der Waals surface area contributed by atoms with Gasteiger partial charge in [0.15, 0.2) is 17.8 Å². The van der Waals surface area contributed by atoms with Crippen LogP contribution in [-0.4, -0.2) is 46.5 Å². The van der Waals surface area contributed by atoms with Crippen molar-refractivity contribution in [1.82, 2.24) is 0 Å². The molecular formula is C15H23NO4. The molecule has 0 amide bonds. The van der Waals surface area contributed by atoms with Crippen molar-refractivity contribution in [1.29, 1.82) is 0 Å². The van der Waals surface area contributed by atoms with Gasteiger partial charge in [-0.1, -0.05) is 0 Å². The van der Waals surface area contributed by atoms with Gasteiger partial charge in [-0.05, 0) is 37.6 Å². The summed E-state index contributed by atoms with van der Waals surface area (Å²) < 4.78 is 21.1. The predicted molar refractivity (Wildman–Crippen MR) is 79.0 cm³/mol. The van der Waals surface area contributed by atoms with Crippen molar-refractivity contribution in [3.05, 3.63) is 23.8 Å². The summed E-state index contributed by atoms with van der Waals surface area (Å²) in [6, 6.07) is 5.69. The zero-order valence-corrected chi connectivity index (χ0v) is 12.8. The molecule has 0 N–H and O–H groups in total. The van der Waals surface area contributed by atoms with Gasteiger partial charge >= 0.3 is 0 Å². The molecule has 5 nitrogen and oxygen atoms in total. The fourth-order valence-corrected chi connectivity index (χ4v) is 1.61. The Hall–Kier alpha value is -1.59. The topological polar surface area (TPSA) is 49.3 Å². The lowest BCUT2D eigenvalue weighted by Gasteiger charge is -2.13. The van der Waals surface area contributed by atoms with Crippen molar-refractivity contribution < 1.29 is 18.9 Å². The monoisotopic (exact) mass is 281 g/mol. The number of hydrogen-bond acceptors (Lipinski definition) is 5. The second-order valence-corrected chi connectivity index (χ2v) is 4.47. The first-order valence-corrected chi connectivity index (χ1v) is 6.50. The molecule has 0 heterocycles. The molecular weight excluding hydrogens is 258 g/mol. The number of methoxy groups -OCH3 is 3. The van der Waals surface area contributed by atoms with Crippen LogP contribution in [-0.2, 0) is 9.47 Å². The van der Waals surface area contributed by atoms with E-state index in [9.17, 15) is 0 Å². The average Bonchev–Trinajstić information content (AvgIpc) is 2.44. The van der Waals surface area contributed by atoms with Crippen LogP contribution in [0, 0.1) is 0 Å². The van der Waals surface area contributed by atoms with E-state index in [4.69, 9.17) is 18.9 Å². The quantitative estimate of drug-likeness (QED) is 0.542. The minimum Gasteiger partial charge on any atom is -0.493 e. The number of benzene rings is 1. The molecule has 0 spiro atoms. The molecule has 0 atom stereocenters. The molecule has 0 radical (unpaired) electrons. The van der Waals surface area contributed by atoms with Gasteiger partial charge in [-0.2, -0.15) is 0 Å². The highest BCUT2D eigenvalue weighted by Gasteiger charge is 2.07. The molecule has 0 fully saturated rings. The van der Waals surface area contributed by atoms with E-state index in [1.54, 1.807) is 27.5 Å². The molecule has 0 aliphatic carbocycles. The first kappa shape index (κ1) is 16.5. The van der Waals surface area contributed by atoms with Gasteiger partial charge in [0.25, 0.3) is 0 Å². The van der Waals surface area contributed by atoms with E-state index in [0.717, 1.165) is 11.3 Å². The molecule has 1 rings (SSSR count). The second kappa shape index (κ2) is 8.55. The van der Waals surface area contributed by atoms with Gasteiger partial charge in [-0.15, -0.1) is 0 Å². The molecule has 20 heavy (non-hydrogen) atoms.